The van der Waals surface area contributed by atoms with Crippen molar-refractivity contribution in [2.75, 3.05) is 5.73 Å². The lowest BCUT2D eigenvalue weighted by Gasteiger charge is -2.03. The van der Waals surface area contributed by atoms with Gasteiger partial charge in [-0.1, -0.05) is 5.21 Å². The molecule has 14 heavy (non-hydrogen) atoms. The van der Waals surface area contributed by atoms with Crippen LogP contribution in [0.25, 0.3) is 11.4 Å². The number of nitrogen functional groups attached to an aromatic ring is 1. The molecule has 0 fully saturated rings. The van der Waals surface area contributed by atoms with E-state index in [9.17, 15) is 0 Å². The average Bonchev–Trinajstić information content (AvgIpc) is 2.72. The first kappa shape index (κ1) is 8.74. The molecule has 0 radical (unpaired) electrons. The zero-order valence-corrected chi connectivity index (χ0v) is 8.18. The first-order valence-corrected chi connectivity index (χ1v) is 4.41. The number of nitrogens with two attached hydrogens (primary N) is 1. The number of aryl methyl sites for hydroxylation is 2. The molecule has 0 saturated heterocycles. The maximum absolute atomic E-state index is 5.74. The molecule has 2 rings (SSSR count). The Balaban J connectivity index is 2.60. The highest BCUT2D eigenvalue weighted by Crippen LogP contribution is 2.22. The van der Waals surface area contributed by atoms with Crippen LogP contribution in [0, 0.1) is 0 Å². The molecule has 0 unspecified atom stereocenters. The normalized spacial score (nSPS) is 10.7. The second kappa shape index (κ2) is 3.13. The third kappa shape index (κ3) is 1.15. The topological polar surface area (TPSA) is 74.6 Å². The van der Waals surface area contributed by atoms with Crippen LogP contribution in [-0.4, -0.2) is 24.8 Å². The summed E-state index contributed by atoms with van der Waals surface area (Å²) >= 11 is 0. The predicted octanol–water partition coefficient (Wildman–Crippen LogP) is 0.281. The molecule has 0 saturated carbocycles. The molecule has 2 N–H and O–H groups in total. The summed E-state index contributed by atoms with van der Waals surface area (Å²) in [5.41, 5.74) is 7.49. The minimum Gasteiger partial charge on any atom is -0.380 e. The maximum Gasteiger partial charge on any atom is 0.175 e. The Morgan fingerprint density at radius 2 is 2.29 bits per heavy atom. The van der Waals surface area contributed by atoms with Crippen LogP contribution in [0.5, 0.6) is 0 Å². The largest absolute Gasteiger partial charge is 0.380 e. The number of hydrogen-bond acceptors (Lipinski definition) is 4. The Hall–Kier alpha value is -1.85. The number of rotatable bonds is 2. The summed E-state index contributed by atoms with van der Waals surface area (Å²) in [5.74, 6) is 0.440. The van der Waals surface area contributed by atoms with Crippen LogP contribution >= 0.6 is 0 Å². The minimum atomic E-state index is 0.440. The van der Waals surface area contributed by atoms with Crippen LogP contribution in [0.4, 0.5) is 5.82 Å². The van der Waals surface area contributed by atoms with Gasteiger partial charge in [0.25, 0.3) is 0 Å². The number of aromatic nitrogens is 5. The summed E-state index contributed by atoms with van der Waals surface area (Å²) in [4.78, 5) is 0. The van der Waals surface area contributed by atoms with E-state index in [4.69, 9.17) is 5.73 Å². The van der Waals surface area contributed by atoms with Crippen LogP contribution in [0.2, 0.25) is 0 Å². The summed E-state index contributed by atoms with van der Waals surface area (Å²) in [5, 5.41) is 11.8. The number of anilines is 1. The lowest BCUT2D eigenvalue weighted by atomic mass is 10.3. The molecule has 0 aliphatic carbocycles. The molecule has 2 aromatic heterocycles. The van der Waals surface area contributed by atoms with E-state index in [0.29, 0.717) is 5.82 Å². The average molecular weight is 192 g/mol. The van der Waals surface area contributed by atoms with Crippen molar-refractivity contribution < 1.29 is 0 Å². The van der Waals surface area contributed by atoms with Crippen molar-refractivity contribution >= 4 is 5.82 Å². The molecule has 0 spiro atoms. The lowest BCUT2D eigenvalue weighted by molar-refractivity contribution is 0.627. The molecule has 2 heterocycles. The van der Waals surface area contributed by atoms with Crippen molar-refractivity contribution in [1.29, 1.82) is 0 Å². The van der Waals surface area contributed by atoms with Crippen molar-refractivity contribution in [3.63, 3.8) is 0 Å². The molecule has 0 aliphatic heterocycles. The smallest absolute Gasteiger partial charge is 0.175 e. The Kier molecular flexibility index (Phi) is 1.95. The molecular formula is C8H12N6. The van der Waals surface area contributed by atoms with Crippen LogP contribution in [-0.2, 0) is 13.6 Å². The van der Waals surface area contributed by atoms with Crippen molar-refractivity contribution in [2.45, 2.75) is 13.5 Å². The van der Waals surface area contributed by atoms with Crippen molar-refractivity contribution in [3.8, 4) is 11.4 Å². The number of nitrogens with zero attached hydrogens (tertiary/aromatic N) is 5. The highest BCUT2D eigenvalue weighted by Gasteiger charge is 2.13. The van der Waals surface area contributed by atoms with Gasteiger partial charge in [-0.15, -0.1) is 5.10 Å². The first-order chi connectivity index (χ1) is 6.74. The quantitative estimate of drug-likeness (QED) is 0.741. The van der Waals surface area contributed by atoms with Gasteiger partial charge >= 0.3 is 0 Å². The molecule has 74 valence electrons. The van der Waals surface area contributed by atoms with Gasteiger partial charge in [-0.05, 0) is 13.0 Å². The summed E-state index contributed by atoms with van der Waals surface area (Å²) in [6.45, 7) is 2.73. The molecule has 0 bridgehead atoms. The Labute approximate surface area is 81.3 Å². The molecular weight excluding hydrogens is 180 g/mol. The van der Waals surface area contributed by atoms with Crippen LogP contribution < -0.4 is 5.73 Å². The monoisotopic (exact) mass is 192 g/mol. The van der Waals surface area contributed by atoms with E-state index in [2.05, 4.69) is 15.4 Å². The zero-order chi connectivity index (χ0) is 10.1. The van der Waals surface area contributed by atoms with E-state index in [1.807, 2.05) is 20.0 Å². The first-order valence-electron chi connectivity index (χ1n) is 4.41. The minimum absolute atomic E-state index is 0.440. The summed E-state index contributed by atoms with van der Waals surface area (Å²) < 4.78 is 3.51. The van der Waals surface area contributed by atoms with Crippen molar-refractivity contribution in [1.82, 2.24) is 24.8 Å². The van der Waals surface area contributed by atoms with E-state index < -0.39 is 0 Å². The van der Waals surface area contributed by atoms with Gasteiger partial charge in [0.05, 0.1) is 5.69 Å². The van der Waals surface area contributed by atoms with Crippen LogP contribution in [0.3, 0.4) is 0 Å². The van der Waals surface area contributed by atoms with Gasteiger partial charge < -0.3 is 5.73 Å². The Morgan fingerprint density at radius 1 is 1.50 bits per heavy atom. The zero-order valence-electron chi connectivity index (χ0n) is 8.18. The fourth-order valence-electron chi connectivity index (χ4n) is 1.42. The summed E-state index contributed by atoms with van der Waals surface area (Å²) in [6.07, 6.45) is 1.72. The SMILES string of the molecule is CCn1nnc(N)c1-c1ccnn1C. The highest BCUT2D eigenvalue weighted by molar-refractivity contribution is 5.66. The van der Waals surface area contributed by atoms with Gasteiger partial charge in [0.2, 0.25) is 0 Å². The van der Waals surface area contributed by atoms with Gasteiger partial charge in [-0.2, -0.15) is 5.10 Å². The van der Waals surface area contributed by atoms with E-state index in [1.54, 1.807) is 15.6 Å². The fraction of sp³-hybridized carbons (Fsp3) is 0.375. The van der Waals surface area contributed by atoms with Crippen molar-refractivity contribution in [2.24, 2.45) is 7.05 Å². The predicted molar refractivity (Wildman–Crippen MR) is 52.3 cm³/mol. The Bertz CT molecular complexity index is 440. The van der Waals surface area contributed by atoms with Crippen molar-refractivity contribution in [3.05, 3.63) is 12.3 Å². The van der Waals surface area contributed by atoms with E-state index in [1.165, 1.54) is 0 Å². The van der Waals surface area contributed by atoms with Gasteiger partial charge in [0.15, 0.2) is 5.82 Å². The Morgan fingerprint density at radius 3 is 2.86 bits per heavy atom. The second-order valence-corrected chi connectivity index (χ2v) is 2.98. The fourth-order valence-corrected chi connectivity index (χ4v) is 1.42. The van der Waals surface area contributed by atoms with Gasteiger partial charge in [-0.3, -0.25) is 4.68 Å². The van der Waals surface area contributed by atoms with E-state index in [-0.39, 0.29) is 0 Å². The van der Waals surface area contributed by atoms with Crippen LogP contribution in [0.15, 0.2) is 12.3 Å². The molecule has 6 heteroatoms. The van der Waals surface area contributed by atoms with E-state index >= 15 is 0 Å². The molecule has 0 amide bonds. The molecule has 0 atom stereocenters. The standard InChI is InChI=1S/C8H12N6/c1-3-14-7(8(9)11-12-14)6-4-5-10-13(6)2/h4-5H,3,9H2,1-2H3. The molecule has 2 aromatic rings. The summed E-state index contributed by atoms with van der Waals surface area (Å²) in [6, 6.07) is 1.89. The lowest BCUT2D eigenvalue weighted by Crippen LogP contribution is -2.03. The number of hydrogen-bond donors (Lipinski definition) is 1. The third-order valence-electron chi connectivity index (χ3n) is 2.12. The second-order valence-electron chi connectivity index (χ2n) is 2.98. The van der Waals surface area contributed by atoms with Gasteiger partial charge in [-0.25, -0.2) is 4.68 Å². The maximum atomic E-state index is 5.74. The van der Waals surface area contributed by atoms with E-state index in [0.717, 1.165) is 17.9 Å². The van der Waals surface area contributed by atoms with Gasteiger partial charge in [0, 0.05) is 19.8 Å². The molecule has 6 nitrogen and oxygen atoms in total. The molecule has 0 aromatic carbocycles. The van der Waals surface area contributed by atoms with Gasteiger partial charge in [0.1, 0.15) is 5.69 Å². The van der Waals surface area contributed by atoms with Crippen LogP contribution in [0.1, 0.15) is 6.92 Å². The highest BCUT2D eigenvalue weighted by atomic mass is 15.4. The summed E-state index contributed by atoms with van der Waals surface area (Å²) in [7, 11) is 1.86. The molecule has 0 aliphatic rings. The third-order valence-corrected chi connectivity index (χ3v) is 2.12.